The molecule has 0 bridgehead atoms. The van der Waals surface area contributed by atoms with Crippen LogP contribution in [-0.2, 0) is 11.2 Å². The van der Waals surface area contributed by atoms with Crippen LogP contribution in [0.3, 0.4) is 0 Å². The van der Waals surface area contributed by atoms with Crippen molar-refractivity contribution in [1.82, 2.24) is 0 Å². The smallest absolute Gasteiger partial charge is 0.377 e. The standard InChI is InChI=1S/C11H12O5/c1-3-6-4-7(10(13)11(14)15)9(12)8(5-6)16-2/h4-5,12H,3H2,1-2H3,(H,14,15). The van der Waals surface area contributed by atoms with E-state index in [2.05, 4.69) is 0 Å². The van der Waals surface area contributed by atoms with Crippen molar-refractivity contribution in [3.63, 3.8) is 0 Å². The van der Waals surface area contributed by atoms with E-state index in [1.807, 2.05) is 6.92 Å². The van der Waals surface area contributed by atoms with E-state index in [0.717, 1.165) is 5.56 Å². The lowest BCUT2D eigenvalue weighted by Crippen LogP contribution is -2.13. The number of aryl methyl sites for hydroxylation is 1. The van der Waals surface area contributed by atoms with Gasteiger partial charge in [-0.05, 0) is 24.1 Å². The van der Waals surface area contributed by atoms with Crippen molar-refractivity contribution in [3.05, 3.63) is 23.3 Å². The zero-order valence-corrected chi connectivity index (χ0v) is 8.98. The molecule has 0 heterocycles. The van der Waals surface area contributed by atoms with Crippen molar-refractivity contribution in [2.75, 3.05) is 7.11 Å². The summed E-state index contributed by atoms with van der Waals surface area (Å²) in [6, 6.07) is 2.92. The van der Waals surface area contributed by atoms with Crippen molar-refractivity contribution in [1.29, 1.82) is 0 Å². The molecule has 1 aromatic carbocycles. The van der Waals surface area contributed by atoms with Crippen LogP contribution < -0.4 is 4.74 Å². The minimum absolute atomic E-state index is 0.101. The molecule has 0 saturated carbocycles. The number of Topliss-reactive ketones (excluding diaryl/α,β-unsaturated/α-hetero) is 1. The molecule has 0 amide bonds. The van der Waals surface area contributed by atoms with Crippen molar-refractivity contribution < 1.29 is 24.5 Å². The predicted octanol–water partition coefficient (Wildman–Crippen LogP) is 1.23. The highest BCUT2D eigenvalue weighted by Crippen LogP contribution is 2.31. The van der Waals surface area contributed by atoms with Gasteiger partial charge in [-0.1, -0.05) is 6.92 Å². The normalized spacial score (nSPS) is 9.88. The van der Waals surface area contributed by atoms with Crippen molar-refractivity contribution in [2.24, 2.45) is 0 Å². The Morgan fingerprint density at radius 1 is 1.38 bits per heavy atom. The molecule has 2 N–H and O–H groups in total. The van der Waals surface area contributed by atoms with Gasteiger partial charge in [0.15, 0.2) is 11.5 Å². The van der Waals surface area contributed by atoms with Crippen LogP contribution in [0.25, 0.3) is 0 Å². The van der Waals surface area contributed by atoms with Crippen LogP contribution in [0.5, 0.6) is 11.5 Å². The molecule has 0 aliphatic carbocycles. The zero-order valence-electron chi connectivity index (χ0n) is 8.98. The third kappa shape index (κ3) is 2.13. The lowest BCUT2D eigenvalue weighted by atomic mass is 10.0. The maximum atomic E-state index is 11.3. The summed E-state index contributed by atoms with van der Waals surface area (Å²) in [5, 5.41) is 18.2. The summed E-state index contributed by atoms with van der Waals surface area (Å²) >= 11 is 0. The zero-order chi connectivity index (χ0) is 12.3. The molecule has 0 radical (unpaired) electrons. The van der Waals surface area contributed by atoms with Gasteiger partial charge in [0.05, 0.1) is 12.7 Å². The molecule has 0 aliphatic heterocycles. The van der Waals surface area contributed by atoms with Gasteiger partial charge >= 0.3 is 5.97 Å². The average Bonchev–Trinajstić information content (AvgIpc) is 2.28. The summed E-state index contributed by atoms with van der Waals surface area (Å²) in [5.41, 5.74) is 0.475. The number of ketones is 1. The Morgan fingerprint density at radius 3 is 2.44 bits per heavy atom. The Morgan fingerprint density at radius 2 is 2.00 bits per heavy atom. The maximum Gasteiger partial charge on any atom is 0.377 e. The molecule has 0 aromatic heterocycles. The van der Waals surface area contributed by atoms with Gasteiger partial charge < -0.3 is 14.9 Å². The summed E-state index contributed by atoms with van der Waals surface area (Å²) in [7, 11) is 1.34. The number of ether oxygens (including phenoxy) is 1. The molecule has 0 saturated heterocycles. The molecule has 5 heteroatoms. The minimum atomic E-state index is -1.61. The highest BCUT2D eigenvalue weighted by Gasteiger charge is 2.21. The molecule has 0 fully saturated rings. The van der Waals surface area contributed by atoms with Crippen LogP contribution in [0.4, 0.5) is 0 Å². The van der Waals surface area contributed by atoms with Gasteiger partial charge in [-0.15, -0.1) is 0 Å². The topological polar surface area (TPSA) is 83.8 Å². The second-order valence-corrected chi connectivity index (χ2v) is 3.18. The highest BCUT2D eigenvalue weighted by molar-refractivity contribution is 6.40. The SMILES string of the molecule is CCc1cc(OC)c(O)c(C(=O)C(=O)O)c1. The monoisotopic (exact) mass is 224 g/mol. The number of rotatable bonds is 4. The third-order valence-corrected chi connectivity index (χ3v) is 2.20. The van der Waals surface area contributed by atoms with Crippen LogP contribution in [0.15, 0.2) is 12.1 Å². The highest BCUT2D eigenvalue weighted by atomic mass is 16.5. The first-order valence-corrected chi connectivity index (χ1v) is 4.68. The fourth-order valence-corrected chi connectivity index (χ4v) is 1.31. The Kier molecular flexibility index (Phi) is 3.50. The van der Waals surface area contributed by atoms with Gasteiger partial charge in [0.1, 0.15) is 0 Å². The number of phenolic OH excluding ortho intramolecular Hbond substituents is 1. The molecule has 1 rings (SSSR count). The number of phenols is 1. The number of aromatic hydroxyl groups is 1. The minimum Gasteiger partial charge on any atom is -0.504 e. The fourth-order valence-electron chi connectivity index (χ4n) is 1.31. The summed E-state index contributed by atoms with van der Waals surface area (Å²) in [6.45, 7) is 1.85. The van der Waals surface area contributed by atoms with Crippen molar-refractivity contribution >= 4 is 11.8 Å². The predicted molar refractivity (Wildman–Crippen MR) is 56.0 cm³/mol. The van der Waals surface area contributed by atoms with E-state index in [1.165, 1.54) is 13.2 Å². The largest absolute Gasteiger partial charge is 0.504 e. The van der Waals surface area contributed by atoms with E-state index in [0.29, 0.717) is 6.42 Å². The van der Waals surface area contributed by atoms with E-state index < -0.39 is 17.5 Å². The maximum absolute atomic E-state index is 11.3. The number of carboxylic acids is 1. The number of hydrogen-bond acceptors (Lipinski definition) is 4. The van der Waals surface area contributed by atoms with Crippen LogP contribution >= 0.6 is 0 Å². The Bertz CT molecular complexity index is 436. The van der Waals surface area contributed by atoms with E-state index >= 15 is 0 Å². The summed E-state index contributed by atoms with van der Waals surface area (Å²) in [6.07, 6.45) is 0.608. The van der Waals surface area contributed by atoms with Gasteiger partial charge in [0.25, 0.3) is 5.78 Å². The molecule has 5 nitrogen and oxygen atoms in total. The lowest BCUT2D eigenvalue weighted by molar-refractivity contribution is -0.131. The number of carbonyl (C=O) groups excluding carboxylic acids is 1. The van der Waals surface area contributed by atoms with Crippen LogP contribution in [0.2, 0.25) is 0 Å². The second kappa shape index (κ2) is 4.65. The molecular weight excluding hydrogens is 212 g/mol. The third-order valence-electron chi connectivity index (χ3n) is 2.20. The summed E-state index contributed by atoms with van der Waals surface area (Å²) in [4.78, 5) is 21.8. The number of methoxy groups -OCH3 is 1. The van der Waals surface area contributed by atoms with E-state index in [1.54, 1.807) is 6.07 Å². The average molecular weight is 224 g/mol. The fraction of sp³-hybridized carbons (Fsp3) is 0.273. The second-order valence-electron chi connectivity index (χ2n) is 3.18. The number of benzene rings is 1. The number of carbonyl (C=O) groups is 2. The van der Waals surface area contributed by atoms with Crippen LogP contribution in [0, 0.1) is 0 Å². The Balaban J connectivity index is 3.37. The van der Waals surface area contributed by atoms with Gasteiger partial charge in [-0.2, -0.15) is 0 Å². The molecule has 1 aromatic rings. The van der Waals surface area contributed by atoms with Crippen molar-refractivity contribution in [2.45, 2.75) is 13.3 Å². The van der Waals surface area contributed by atoms with Gasteiger partial charge in [0, 0.05) is 0 Å². The van der Waals surface area contributed by atoms with E-state index in [4.69, 9.17) is 9.84 Å². The van der Waals surface area contributed by atoms with Crippen molar-refractivity contribution in [3.8, 4) is 11.5 Å². The molecular formula is C11H12O5. The lowest BCUT2D eigenvalue weighted by Gasteiger charge is -2.09. The van der Waals surface area contributed by atoms with Gasteiger partial charge in [-0.25, -0.2) is 4.79 Å². The Hall–Kier alpha value is -2.04. The molecule has 16 heavy (non-hydrogen) atoms. The molecule has 86 valence electrons. The molecule has 0 unspecified atom stereocenters. The Labute approximate surface area is 92.3 Å². The quantitative estimate of drug-likeness (QED) is 0.593. The van der Waals surface area contributed by atoms with Crippen LogP contribution in [-0.4, -0.2) is 29.1 Å². The van der Waals surface area contributed by atoms with Gasteiger partial charge in [-0.3, -0.25) is 4.79 Å². The number of hydrogen-bond donors (Lipinski definition) is 2. The first-order valence-electron chi connectivity index (χ1n) is 4.68. The summed E-state index contributed by atoms with van der Waals surface area (Å²) < 4.78 is 4.86. The molecule has 0 aliphatic rings. The molecule has 0 atom stereocenters. The number of carboxylic acid groups (broad SMARTS) is 1. The van der Waals surface area contributed by atoms with E-state index in [9.17, 15) is 14.7 Å². The first kappa shape index (κ1) is 12.0. The van der Waals surface area contributed by atoms with Gasteiger partial charge in [0.2, 0.25) is 0 Å². The van der Waals surface area contributed by atoms with E-state index in [-0.39, 0.29) is 11.3 Å². The first-order chi connectivity index (χ1) is 7.51. The number of aliphatic carboxylic acids is 1. The van der Waals surface area contributed by atoms with Crippen LogP contribution in [0.1, 0.15) is 22.8 Å². The summed E-state index contributed by atoms with van der Waals surface area (Å²) in [5.74, 6) is -3.09. The molecule has 0 spiro atoms.